The number of aliphatic hydroxyl groups excluding tert-OH is 1. The van der Waals surface area contributed by atoms with E-state index in [4.69, 9.17) is 2.77 Å². The van der Waals surface area contributed by atoms with Gasteiger partial charge in [-0.25, -0.2) is 12.5 Å². The molecule has 0 aromatic carbocycles. The fourth-order valence-electron chi connectivity index (χ4n) is 0.215. The van der Waals surface area contributed by atoms with Crippen molar-refractivity contribution in [2.45, 2.75) is 19.3 Å². The summed E-state index contributed by atoms with van der Waals surface area (Å²) in [6.45, 7) is 4.93. The Morgan fingerprint density at radius 1 is 2.36 bits per heavy atom. The van der Waals surface area contributed by atoms with Crippen molar-refractivity contribution in [3.63, 3.8) is 0 Å². The first-order valence-corrected chi connectivity index (χ1v) is 4.26. The normalized spacial score (nSPS) is 13.0. The minimum atomic E-state index is -0.512. The fourth-order valence-corrected chi connectivity index (χ4v) is 0.402. The molecule has 0 aromatic heterocycles. The SMILES string of the molecule is [2H]B(C)S.[3H]OC(CC=O)C(=C)Br. The van der Waals surface area contributed by atoms with E-state index in [2.05, 4.69) is 40.1 Å². The van der Waals surface area contributed by atoms with E-state index >= 15 is 0 Å². The van der Waals surface area contributed by atoms with Gasteiger partial charge >= 0.3 is 0 Å². The molecule has 0 amide bonds. The van der Waals surface area contributed by atoms with Gasteiger partial charge in [-0.05, 0) is 1.34 Å². The number of thiol groups is 1. The van der Waals surface area contributed by atoms with E-state index in [1.165, 1.54) is 0 Å². The predicted octanol–water partition coefficient (Wildman–Crippen LogP) is 1.16. The van der Waals surface area contributed by atoms with Crippen LogP contribution in [0.5, 0.6) is 0 Å². The molecule has 5 heteroatoms. The van der Waals surface area contributed by atoms with Crippen LogP contribution in [0.4, 0.5) is 0 Å². The van der Waals surface area contributed by atoms with Crippen LogP contribution in [0.3, 0.4) is 0 Å². The van der Waals surface area contributed by atoms with Crippen molar-refractivity contribution in [1.29, 1.82) is 2.77 Å². The van der Waals surface area contributed by atoms with E-state index in [9.17, 15) is 4.79 Å². The quantitative estimate of drug-likeness (QED) is 0.441. The summed E-state index contributed by atoms with van der Waals surface area (Å²) in [5, 5.41) is 4.12. The molecule has 0 bridgehead atoms. The lowest BCUT2D eigenvalue weighted by molar-refractivity contribution is -0.109. The molecule has 0 aliphatic rings. The van der Waals surface area contributed by atoms with E-state index in [1.54, 1.807) is 6.82 Å². The van der Waals surface area contributed by atoms with Crippen LogP contribution < -0.4 is 0 Å². The zero-order chi connectivity index (χ0) is 10.9. The van der Waals surface area contributed by atoms with Gasteiger partial charge in [-0.15, -0.1) is 0 Å². The Balaban J connectivity index is 0. The number of hydrogen-bond donors (Lipinski definition) is 2. The number of carbonyl (C=O) groups is 1. The molecule has 0 radical (unpaired) electrons. The molecule has 0 spiro atoms. The van der Waals surface area contributed by atoms with Gasteiger partial charge in [0.05, 0.1) is 6.10 Å². The molecular formula is C6H12BBrO2S. The number of aldehydes is 1. The van der Waals surface area contributed by atoms with Gasteiger partial charge in [0, 0.05) is 10.9 Å². The van der Waals surface area contributed by atoms with Crippen LogP contribution in [0.15, 0.2) is 11.1 Å². The molecule has 0 aliphatic heterocycles. The zero-order valence-corrected chi connectivity index (χ0v) is 8.77. The highest BCUT2D eigenvalue weighted by molar-refractivity contribution is 9.11. The average Bonchev–Trinajstić information content (AvgIpc) is 1.98. The van der Waals surface area contributed by atoms with Crippen molar-refractivity contribution >= 4 is 41.2 Å². The molecule has 0 rings (SSSR count). The highest BCUT2D eigenvalue weighted by Gasteiger charge is 2.02. The molecule has 11 heavy (non-hydrogen) atoms. The standard InChI is InChI=1S/C5H7BrO2.CH5BS/c1-4(6)5(8)2-3-7;1-2-3/h3,5,8H,1-2H2;2-3H,1H3/i8T;2D. The van der Waals surface area contributed by atoms with Gasteiger partial charge in [-0.3, -0.25) is 0 Å². The Kier molecular flexibility index (Phi) is 8.73. The number of aliphatic hydroxyl groups is 1. The van der Waals surface area contributed by atoms with E-state index in [0.29, 0.717) is 10.8 Å². The zero-order valence-electron chi connectivity index (χ0n) is 8.29. The van der Waals surface area contributed by atoms with E-state index in [0.717, 1.165) is 0 Å². The molecule has 1 N–H and O–H groups in total. The van der Waals surface area contributed by atoms with Gasteiger partial charge in [0.1, 0.15) is 6.29 Å². The van der Waals surface area contributed by atoms with Crippen molar-refractivity contribution < 1.29 is 9.90 Å². The number of halogens is 1. The lowest BCUT2D eigenvalue weighted by Crippen LogP contribution is -2.04. The smallest absolute Gasteiger partial charge is 0.211 e. The highest BCUT2D eigenvalue weighted by atomic mass is 79.9. The first-order chi connectivity index (χ1) is 5.95. The third-order valence-electron chi connectivity index (χ3n) is 0.660. The fraction of sp³-hybridized carbons (Fsp3) is 0.500. The third-order valence-corrected chi connectivity index (χ3v) is 1.17. The van der Waals surface area contributed by atoms with Crippen molar-refractivity contribution in [2.24, 2.45) is 0 Å². The lowest BCUT2D eigenvalue weighted by Gasteiger charge is -2.00. The molecular weight excluding hydrogens is 227 g/mol. The van der Waals surface area contributed by atoms with Crippen molar-refractivity contribution in [3.8, 4) is 0 Å². The van der Waals surface area contributed by atoms with Crippen molar-refractivity contribution in [2.75, 3.05) is 0 Å². The monoisotopic (exact) mass is 241 g/mol. The summed E-state index contributed by atoms with van der Waals surface area (Å²) in [6, 6.07) is 0. The summed E-state index contributed by atoms with van der Waals surface area (Å²) in [5.74, 6) is 0. The van der Waals surface area contributed by atoms with Crippen LogP contribution >= 0.6 is 28.4 Å². The Morgan fingerprint density at radius 3 is 2.91 bits per heavy atom. The Bertz CT molecular complexity index is 157. The van der Waals surface area contributed by atoms with Crippen LogP contribution in [0.2, 0.25) is 6.82 Å². The Labute approximate surface area is 84.6 Å². The van der Waals surface area contributed by atoms with Gasteiger partial charge < -0.3 is 9.90 Å². The average molecular weight is 242 g/mol. The van der Waals surface area contributed by atoms with Gasteiger partial charge in [0.25, 0.3) is 0 Å². The molecule has 0 heterocycles. The van der Waals surface area contributed by atoms with Crippen LogP contribution in [-0.2, 0) is 4.79 Å². The summed E-state index contributed by atoms with van der Waals surface area (Å²) in [5.41, 5.74) is 0. The Hall–Kier alpha value is 0.265. The Morgan fingerprint density at radius 2 is 2.82 bits per heavy atom. The molecule has 0 saturated carbocycles. The van der Waals surface area contributed by atoms with Gasteiger partial charge in [-0.2, -0.15) is 0 Å². The molecule has 1 unspecified atom stereocenters. The van der Waals surface area contributed by atoms with Gasteiger partial charge in [0.2, 0.25) is 1.43 Å². The maximum absolute atomic E-state index is 9.85. The first-order valence-electron chi connectivity index (χ1n) is 3.94. The van der Waals surface area contributed by atoms with E-state index in [-0.39, 0.29) is 12.9 Å². The van der Waals surface area contributed by atoms with E-state index < -0.39 is 6.10 Å². The molecule has 64 valence electrons. The van der Waals surface area contributed by atoms with Crippen LogP contribution in [0.1, 0.15) is 6.42 Å². The second-order valence-corrected chi connectivity index (χ2v) is 3.13. The molecule has 0 saturated heterocycles. The predicted molar refractivity (Wildman–Crippen MR) is 56.8 cm³/mol. The summed E-state index contributed by atoms with van der Waals surface area (Å²) in [7, 11) is 0. The lowest BCUT2D eigenvalue weighted by atomic mass is 10.2. The van der Waals surface area contributed by atoms with Crippen molar-refractivity contribution in [1.82, 2.24) is 0 Å². The maximum atomic E-state index is 9.85. The number of rotatable bonds is 4. The number of carbonyl (C=O) groups excluding carboxylic acids is 1. The summed E-state index contributed by atoms with van der Waals surface area (Å²) in [4.78, 5) is 9.85. The second kappa shape index (κ2) is 10.3. The summed E-state index contributed by atoms with van der Waals surface area (Å²) < 4.78 is 13.4. The minimum absolute atomic E-state index is 0.174. The second-order valence-electron chi connectivity index (χ2n) is 1.60. The summed E-state index contributed by atoms with van der Waals surface area (Å²) in [6.07, 6.45) is 0.349. The highest BCUT2D eigenvalue weighted by Crippen LogP contribution is 2.08. The largest absolute Gasteiger partial charge is 0.387 e. The molecule has 2 nitrogen and oxygen atoms in total. The van der Waals surface area contributed by atoms with Crippen LogP contribution in [-0.4, -0.2) is 26.8 Å². The molecule has 0 aliphatic carbocycles. The van der Waals surface area contributed by atoms with E-state index in [1.807, 2.05) is 0 Å². The molecule has 0 aromatic rings. The van der Waals surface area contributed by atoms with Crippen LogP contribution in [0.25, 0.3) is 0 Å². The number of hydrogen-bond acceptors (Lipinski definition) is 3. The maximum Gasteiger partial charge on any atom is 0.211 e. The minimum Gasteiger partial charge on any atom is -0.387 e. The first kappa shape index (κ1) is 9.35. The third kappa shape index (κ3) is 13.3. The molecule has 0 fully saturated rings. The van der Waals surface area contributed by atoms with Crippen LogP contribution in [0, 0.1) is 0 Å². The van der Waals surface area contributed by atoms with Gasteiger partial charge in [-0.1, -0.05) is 29.3 Å². The molecule has 1 atom stereocenters. The van der Waals surface area contributed by atoms with Gasteiger partial charge in [0.15, 0.2) is 6.52 Å². The van der Waals surface area contributed by atoms with Crippen molar-refractivity contribution in [3.05, 3.63) is 11.1 Å². The summed E-state index contributed by atoms with van der Waals surface area (Å²) >= 11 is 6.64. The topological polar surface area (TPSA) is 37.3 Å².